The van der Waals surface area contributed by atoms with Gasteiger partial charge in [0.1, 0.15) is 11.6 Å². The molecule has 0 aliphatic carbocycles. The molecule has 3 nitrogen and oxygen atoms in total. The Morgan fingerprint density at radius 3 is 2.48 bits per heavy atom. The Hall–Kier alpha value is -1.41. The zero-order chi connectivity index (χ0) is 18.1. The Labute approximate surface area is 149 Å². The van der Waals surface area contributed by atoms with Crippen LogP contribution in [0.15, 0.2) is 18.2 Å². The van der Waals surface area contributed by atoms with Crippen LogP contribution < -0.4 is 5.32 Å². The second-order valence-electron chi connectivity index (χ2n) is 6.15. The summed E-state index contributed by atoms with van der Waals surface area (Å²) in [6, 6.07) is 0.986. The van der Waals surface area contributed by atoms with Crippen molar-refractivity contribution in [2.24, 2.45) is 0 Å². The van der Waals surface area contributed by atoms with E-state index in [-0.39, 0.29) is 24.4 Å². The summed E-state index contributed by atoms with van der Waals surface area (Å²) in [5, 5.41) is 2.98. The van der Waals surface area contributed by atoms with E-state index in [2.05, 4.69) is 5.32 Å². The molecule has 1 aromatic rings. The largest absolute Gasteiger partial charge is 0.471 e. The highest BCUT2D eigenvalue weighted by atomic mass is 35.5. The van der Waals surface area contributed by atoms with Crippen LogP contribution in [0.4, 0.5) is 22.0 Å². The summed E-state index contributed by atoms with van der Waals surface area (Å²) in [4.78, 5) is 12.5. The van der Waals surface area contributed by atoms with Crippen LogP contribution in [-0.2, 0) is 4.79 Å². The summed E-state index contributed by atoms with van der Waals surface area (Å²) < 4.78 is 65.8. The molecule has 0 aromatic heterocycles. The van der Waals surface area contributed by atoms with Crippen molar-refractivity contribution in [3.8, 4) is 0 Å². The number of piperidine rings is 1. The minimum absolute atomic E-state index is 0. The van der Waals surface area contributed by atoms with Gasteiger partial charge in [0.2, 0.25) is 0 Å². The number of carbonyl (C=O) groups is 1. The quantitative estimate of drug-likeness (QED) is 0.797. The molecule has 0 spiro atoms. The molecular weight excluding hydrogens is 367 g/mol. The van der Waals surface area contributed by atoms with Crippen molar-refractivity contribution in [2.75, 3.05) is 6.54 Å². The first kappa shape index (κ1) is 21.6. The lowest BCUT2D eigenvalue weighted by Crippen LogP contribution is -2.54. The van der Waals surface area contributed by atoms with E-state index in [1.807, 2.05) is 0 Å². The molecule has 0 unspecified atom stereocenters. The summed E-state index contributed by atoms with van der Waals surface area (Å²) in [6.45, 7) is 3.31. The van der Waals surface area contributed by atoms with Crippen LogP contribution in [0, 0.1) is 11.6 Å². The highest BCUT2D eigenvalue weighted by molar-refractivity contribution is 5.85. The van der Waals surface area contributed by atoms with Gasteiger partial charge in [-0.2, -0.15) is 13.2 Å². The van der Waals surface area contributed by atoms with Gasteiger partial charge in [0.25, 0.3) is 0 Å². The summed E-state index contributed by atoms with van der Waals surface area (Å²) in [5.74, 6) is -3.15. The Balaban J connectivity index is 0.00000312. The summed E-state index contributed by atoms with van der Waals surface area (Å²) in [7, 11) is 0. The van der Waals surface area contributed by atoms with E-state index in [0.29, 0.717) is 13.0 Å². The zero-order valence-corrected chi connectivity index (χ0v) is 14.6. The molecule has 1 saturated heterocycles. The van der Waals surface area contributed by atoms with Gasteiger partial charge in [-0.05, 0) is 51.4 Å². The normalized spacial score (nSPS) is 21.0. The molecule has 1 aliphatic heterocycles. The molecule has 0 saturated carbocycles. The number of hydrogen-bond acceptors (Lipinski definition) is 2. The van der Waals surface area contributed by atoms with Crippen LogP contribution in [0.5, 0.6) is 0 Å². The maximum atomic E-state index is 13.9. The lowest BCUT2D eigenvalue weighted by Gasteiger charge is -2.40. The number of nitrogens with one attached hydrogen (secondary N) is 1. The topological polar surface area (TPSA) is 32.3 Å². The molecule has 0 bridgehead atoms. The van der Waals surface area contributed by atoms with Crippen molar-refractivity contribution in [3.63, 3.8) is 0 Å². The molecule has 25 heavy (non-hydrogen) atoms. The van der Waals surface area contributed by atoms with Crippen molar-refractivity contribution < 1.29 is 26.7 Å². The third-order valence-corrected chi connectivity index (χ3v) is 4.14. The van der Waals surface area contributed by atoms with Crippen LogP contribution in [0.25, 0.3) is 0 Å². The summed E-state index contributed by atoms with van der Waals surface area (Å²) >= 11 is 0. The maximum absolute atomic E-state index is 13.9. The van der Waals surface area contributed by atoms with Gasteiger partial charge >= 0.3 is 12.1 Å². The van der Waals surface area contributed by atoms with E-state index in [1.54, 1.807) is 0 Å². The van der Waals surface area contributed by atoms with E-state index in [9.17, 15) is 26.7 Å². The number of benzene rings is 1. The van der Waals surface area contributed by atoms with Gasteiger partial charge in [-0.25, -0.2) is 8.78 Å². The van der Waals surface area contributed by atoms with Crippen molar-refractivity contribution in [1.29, 1.82) is 0 Å². The van der Waals surface area contributed by atoms with Crippen LogP contribution in [0.3, 0.4) is 0 Å². The summed E-state index contributed by atoms with van der Waals surface area (Å²) in [6.07, 6.45) is -4.57. The average Bonchev–Trinajstić information content (AvgIpc) is 2.49. The van der Waals surface area contributed by atoms with Crippen molar-refractivity contribution >= 4 is 18.3 Å². The van der Waals surface area contributed by atoms with E-state index < -0.39 is 41.8 Å². The van der Waals surface area contributed by atoms with Crippen LogP contribution in [-0.4, -0.2) is 35.6 Å². The lowest BCUT2D eigenvalue weighted by atomic mass is 9.91. The number of hydrogen-bond donors (Lipinski definition) is 1. The molecule has 2 atom stereocenters. The second-order valence-corrected chi connectivity index (χ2v) is 6.15. The molecule has 142 valence electrons. The van der Waals surface area contributed by atoms with Gasteiger partial charge in [0.05, 0.1) is 0 Å². The minimum atomic E-state index is -4.96. The Kier molecular flexibility index (Phi) is 7.19. The Bertz CT molecular complexity index is 609. The third-order valence-electron chi connectivity index (χ3n) is 4.14. The van der Waals surface area contributed by atoms with Gasteiger partial charge in [0.15, 0.2) is 0 Å². The third kappa shape index (κ3) is 5.04. The minimum Gasteiger partial charge on any atom is -0.329 e. The fraction of sp³-hybridized carbons (Fsp3) is 0.562. The molecule has 1 aliphatic rings. The number of halogens is 6. The van der Waals surface area contributed by atoms with Crippen molar-refractivity contribution in [3.05, 3.63) is 35.4 Å². The molecule has 2 rings (SSSR count). The average molecular weight is 387 g/mol. The predicted molar refractivity (Wildman–Crippen MR) is 85.4 cm³/mol. The van der Waals surface area contributed by atoms with Crippen molar-refractivity contribution in [1.82, 2.24) is 10.2 Å². The standard InChI is InChI=1S/C16H19F5N2O.ClH/c1-9(2)23(15(24)16(19,20)21)11-5-6-22-14(8-11)12-7-10(17)3-4-13(12)18;/h3-4,7,9,11,14,22H,5-6,8H2,1-2H3;1H/t11-,14+;/m1./s1. The second kappa shape index (κ2) is 8.31. The van der Waals surface area contributed by atoms with E-state index in [4.69, 9.17) is 0 Å². The van der Waals surface area contributed by atoms with Gasteiger partial charge in [-0.1, -0.05) is 0 Å². The van der Waals surface area contributed by atoms with Crippen LogP contribution in [0.1, 0.15) is 38.3 Å². The number of carbonyl (C=O) groups excluding carboxylic acids is 1. The molecule has 1 aromatic carbocycles. The van der Waals surface area contributed by atoms with Gasteiger partial charge in [0, 0.05) is 23.7 Å². The molecule has 0 radical (unpaired) electrons. The molecule has 1 amide bonds. The number of amides is 1. The van der Waals surface area contributed by atoms with Gasteiger partial charge in [-0.3, -0.25) is 4.79 Å². The van der Waals surface area contributed by atoms with Gasteiger partial charge in [-0.15, -0.1) is 12.4 Å². The fourth-order valence-electron chi connectivity index (χ4n) is 3.14. The zero-order valence-electron chi connectivity index (χ0n) is 13.7. The van der Waals surface area contributed by atoms with E-state index in [0.717, 1.165) is 23.1 Å². The SMILES string of the molecule is CC(C)N(C(=O)C(F)(F)F)[C@@H]1CCN[C@H](c2cc(F)ccc2F)C1.Cl. The Morgan fingerprint density at radius 1 is 1.28 bits per heavy atom. The van der Waals surface area contributed by atoms with Crippen LogP contribution >= 0.6 is 12.4 Å². The molecular formula is C16H20ClF5N2O. The Morgan fingerprint density at radius 2 is 1.92 bits per heavy atom. The van der Waals surface area contributed by atoms with Crippen molar-refractivity contribution in [2.45, 2.75) is 51.0 Å². The van der Waals surface area contributed by atoms with E-state index in [1.165, 1.54) is 13.8 Å². The highest BCUT2D eigenvalue weighted by Gasteiger charge is 2.46. The first-order valence-electron chi connectivity index (χ1n) is 7.69. The van der Waals surface area contributed by atoms with E-state index >= 15 is 0 Å². The molecule has 1 N–H and O–H groups in total. The van der Waals surface area contributed by atoms with Crippen LogP contribution in [0.2, 0.25) is 0 Å². The summed E-state index contributed by atoms with van der Waals surface area (Å²) in [5.41, 5.74) is 0.0582. The fourth-order valence-corrected chi connectivity index (χ4v) is 3.14. The lowest BCUT2D eigenvalue weighted by molar-refractivity contribution is -0.190. The number of rotatable bonds is 3. The monoisotopic (exact) mass is 386 g/mol. The molecule has 9 heteroatoms. The molecule has 1 fully saturated rings. The number of nitrogens with zero attached hydrogens (tertiary/aromatic N) is 1. The predicted octanol–water partition coefficient (Wildman–Crippen LogP) is 3.98. The first-order valence-corrected chi connectivity index (χ1v) is 7.69. The van der Waals surface area contributed by atoms with Gasteiger partial charge < -0.3 is 10.2 Å². The first-order chi connectivity index (χ1) is 11.1. The maximum Gasteiger partial charge on any atom is 0.471 e. The highest BCUT2D eigenvalue weighted by Crippen LogP contribution is 2.31. The number of alkyl halides is 3. The smallest absolute Gasteiger partial charge is 0.329 e. The molecule has 1 heterocycles.